The maximum Gasteiger partial charge on any atom is 0.255 e. The SMILES string of the molecule is COc1ccc(S(N)(=O)=O)cc1C(=O)NC(C)c1ccc(Cl)c(Cl)c1. The van der Waals surface area contributed by atoms with Crippen LogP contribution in [-0.2, 0) is 10.0 Å². The number of rotatable bonds is 5. The molecular formula is C16H16Cl2N2O4S. The number of nitrogens with one attached hydrogen (secondary N) is 1. The van der Waals surface area contributed by atoms with E-state index in [4.69, 9.17) is 33.1 Å². The highest BCUT2D eigenvalue weighted by atomic mass is 35.5. The van der Waals surface area contributed by atoms with E-state index >= 15 is 0 Å². The Morgan fingerprint density at radius 2 is 1.84 bits per heavy atom. The molecule has 1 unspecified atom stereocenters. The van der Waals surface area contributed by atoms with Crippen LogP contribution in [0.3, 0.4) is 0 Å². The summed E-state index contributed by atoms with van der Waals surface area (Å²) in [5, 5.41) is 8.65. The van der Waals surface area contributed by atoms with Crippen molar-refractivity contribution in [1.82, 2.24) is 5.32 Å². The molecule has 0 aromatic heterocycles. The quantitative estimate of drug-likeness (QED) is 0.801. The van der Waals surface area contributed by atoms with Gasteiger partial charge in [-0.25, -0.2) is 13.6 Å². The second-order valence-corrected chi connectivity index (χ2v) is 7.65. The fourth-order valence-electron chi connectivity index (χ4n) is 2.18. The highest BCUT2D eigenvalue weighted by Crippen LogP contribution is 2.27. The van der Waals surface area contributed by atoms with E-state index < -0.39 is 22.0 Å². The Hall–Kier alpha value is -1.80. The molecule has 0 fully saturated rings. The molecule has 2 aromatic rings. The number of primary sulfonamides is 1. The number of nitrogens with two attached hydrogens (primary N) is 1. The Bertz CT molecular complexity index is 916. The lowest BCUT2D eigenvalue weighted by Gasteiger charge is -2.16. The van der Waals surface area contributed by atoms with Crippen molar-refractivity contribution in [3.63, 3.8) is 0 Å². The molecular weight excluding hydrogens is 387 g/mol. The minimum atomic E-state index is -3.94. The second-order valence-electron chi connectivity index (χ2n) is 5.28. The summed E-state index contributed by atoms with van der Waals surface area (Å²) in [5.41, 5.74) is 0.797. The molecule has 0 bridgehead atoms. The smallest absolute Gasteiger partial charge is 0.255 e. The zero-order valence-electron chi connectivity index (χ0n) is 13.4. The van der Waals surface area contributed by atoms with Gasteiger partial charge in [0.25, 0.3) is 5.91 Å². The van der Waals surface area contributed by atoms with E-state index in [9.17, 15) is 13.2 Å². The van der Waals surface area contributed by atoms with Crippen LogP contribution in [0.1, 0.15) is 28.9 Å². The summed E-state index contributed by atoms with van der Waals surface area (Å²) in [6.07, 6.45) is 0. The molecule has 2 rings (SSSR count). The Morgan fingerprint density at radius 1 is 1.16 bits per heavy atom. The van der Waals surface area contributed by atoms with Gasteiger partial charge in [0, 0.05) is 0 Å². The molecule has 0 radical (unpaired) electrons. The van der Waals surface area contributed by atoms with Crippen LogP contribution in [0.15, 0.2) is 41.3 Å². The second kappa shape index (κ2) is 7.61. The third-order valence-electron chi connectivity index (χ3n) is 3.54. The average Bonchev–Trinajstić information content (AvgIpc) is 2.55. The predicted octanol–water partition coefficient (Wildman–Crippen LogP) is 3.14. The van der Waals surface area contributed by atoms with Crippen LogP contribution in [0.2, 0.25) is 10.0 Å². The molecule has 0 aliphatic rings. The molecule has 25 heavy (non-hydrogen) atoms. The molecule has 3 N–H and O–H groups in total. The van der Waals surface area contributed by atoms with Crippen LogP contribution in [0.25, 0.3) is 0 Å². The van der Waals surface area contributed by atoms with Crippen LogP contribution < -0.4 is 15.2 Å². The number of hydrogen-bond acceptors (Lipinski definition) is 4. The van der Waals surface area contributed by atoms with E-state index in [1.807, 2.05) is 0 Å². The monoisotopic (exact) mass is 402 g/mol. The number of carbonyl (C=O) groups excluding carboxylic acids is 1. The number of halogens is 2. The summed E-state index contributed by atoms with van der Waals surface area (Å²) in [6.45, 7) is 1.76. The van der Waals surface area contributed by atoms with Crippen molar-refractivity contribution in [2.24, 2.45) is 5.14 Å². The van der Waals surface area contributed by atoms with Gasteiger partial charge < -0.3 is 10.1 Å². The largest absolute Gasteiger partial charge is 0.496 e. The fraction of sp³-hybridized carbons (Fsp3) is 0.188. The van der Waals surface area contributed by atoms with Gasteiger partial charge in [0.15, 0.2) is 0 Å². The minimum Gasteiger partial charge on any atom is -0.496 e. The maximum atomic E-state index is 12.6. The summed E-state index contributed by atoms with van der Waals surface area (Å²) >= 11 is 11.9. The Labute approximate surface area is 155 Å². The van der Waals surface area contributed by atoms with E-state index in [0.717, 1.165) is 5.56 Å². The van der Waals surface area contributed by atoms with Crippen molar-refractivity contribution in [3.8, 4) is 5.75 Å². The highest BCUT2D eigenvalue weighted by molar-refractivity contribution is 7.89. The van der Waals surface area contributed by atoms with Crippen LogP contribution in [0, 0.1) is 0 Å². The van der Waals surface area contributed by atoms with Crippen LogP contribution in [-0.4, -0.2) is 21.4 Å². The summed E-state index contributed by atoms with van der Waals surface area (Å²) in [5.74, 6) is -0.285. The molecule has 134 valence electrons. The number of amides is 1. The first kappa shape index (κ1) is 19.5. The summed E-state index contributed by atoms with van der Waals surface area (Å²) < 4.78 is 28.1. The molecule has 1 amide bonds. The zero-order valence-corrected chi connectivity index (χ0v) is 15.7. The van der Waals surface area contributed by atoms with Crippen molar-refractivity contribution < 1.29 is 17.9 Å². The standard InChI is InChI=1S/C16H16Cl2N2O4S/c1-9(10-3-5-13(17)14(18)7-10)20-16(21)12-8-11(25(19,22)23)4-6-15(12)24-2/h3-9H,1-2H3,(H,20,21)(H2,19,22,23). The molecule has 2 aromatic carbocycles. The van der Waals surface area contributed by atoms with Gasteiger partial charge in [0.05, 0.1) is 33.7 Å². The lowest BCUT2D eigenvalue weighted by molar-refractivity contribution is 0.0936. The number of hydrogen-bond donors (Lipinski definition) is 2. The molecule has 0 aliphatic heterocycles. The Balaban J connectivity index is 2.31. The van der Waals surface area contributed by atoms with Gasteiger partial charge in [0.1, 0.15) is 5.75 Å². The topological polar surface area (TPSA) is 98.5 Å². The van der Waals surface area contributed by atoms with E-state index in [1.54, 1.807) is 25.1 Å². The van der Waals surface area contributed by atoms with Gasteiger partial charge in [-0.1, -0.05) is 29.3 Å². The van der Waals surface area contributed by atoms with Gasteiger partial charge in [0.2, 0.25) is 10.0 Å². The van der Waals surface area contributed by atoms with Crippen molar-refractivity contribution >= 4 is 39.1 Å². The molecule has 0 saturated carbocycles. The lowest BCUT2D eigenvalue weighted by Crippen LogP contribution is -2.27. The van der Waals surface area contributed by atoms with Gasteiger partial charge >= 0.3 is 0 Å². The minimum absolute atomic E-state index is 0.0564. The number of benzene rings is 2. The van der Waals surface area contributed by atoms with E-state index in [0.29, 0.717) is 10.0 Å². The molecule has 6 nitrogen and oxygen atoms in total. The molecule has 0 heterocycles. The number of sulfonamides is 1. The predicted molar refractivity (Wildman–Crippen MR) is 96.7 cm³/mol. The van der Waals surface area contributed by atoms with E-state index in [-0.39, 0.29) is 16.2 Å². The van der Waals surface area contributed by atoms with E-state index in [1.165, 1.54) is 25.3 Å². The summed E-state index contributed by atoms with van der Waals surface area (Å²) in [7, 11) is -2.56. The lowest BCUT2D eigenvalue weighted by atomic mass is 10.1. The third-order valence-corrected chi connectivity index (χ3v) is 5.19. The molecule has 0 saturated heterocycles. The van der Waals surface area contributed by atoms with Crippen LogP contribution in [0.4, 0.5) is 0 Å². The first-order valence-electron chi connectivity index (χ1n) is 7.10. The van der Waals surface area contributed by atoms with Gasteiger partial charge in [-0.2, -0.15) is 0 Å². The average molecular weight is 403 g/mol. The van der Waals surface area contributed by atoms with Gasteiger partial charge in [-0.15, -0.1) is 0 Å². The maximum absolute atomic E-state index is 12.6. The highest BCUT2D eigenvalue weighted by Gasteiger charge is 2.19. The van der Waals surface area contributed by atoms with Crippen molar-refractivity contribution in [3.05, 3.63) is 57.6 Å². The first-order chi connectivity index (χ1) is 11.6. The molecule has 1 atom stereocenters. The number of carbonyl (C=O) groups is 1. The van der Waals surface area contributed by atoms with E-state index in [2.05, 4.69) is 5.32 Å². The summed E-state index contributed by atoms with van der Waals surface area (Å²) in [4.78, 5) is 12.4. The normalized spacial score (nSPS) is 12.5. The summed E-state index contributed by atoms with van der Waals surface area (Å²) in [6, 6.07) is 8.43. The molecule has 0 aliphatic carbocycles. The fourth-order valence-corrected chi connectivity index (χ4v) is 3.03. The number of ether oxygens (including phenoxy) is 1. The zero-order chi connectivity index (χ0) is 18.8. The van der Waals surface area contributed by atoms with Crippen LogP contribution >= 0.6 is 23.2 Å². The number of methoxy groups -OCH3 is 1. The van der Waals surface area contributed by atoms with Crippen molar-refractivity contribution in [2.75, 3.05) is 7.11 Å². The van der Waals surface area contributed by atoms with Gasteiger partial charge in [-0.3, -0.25) is 4.79 Å². The van der Waals surface area contributed by atoms with Crippen LogP contribution in [0.5, 0.6) is 5.75 Å². The van der Waals surface area contributed by atoms with Crippen molar-refractivity contribution in [2.45, 2.75) is 17.9 Å². The first-order valence-corrected chi connectivity index (χ1v) is 9.40. The Kier molecular flexibility index (Phi) is 5.95. The molecule has 0 spiro atoms. The third kappa shape index (κ3) is 4.64. The van der Waals surface area contributed by atoms with Gasteiger partial charge in [-0.05, 0) is 42.8 Å². The van der Waals surface area contributed by atoms with Crippen molar-refractivity contribution in [1.29, 1.82) is 0 Å². The Morgan fingerprint density at radius 3 is 2.40 bits per heavy atom. The molecule has 9 heteroatoms.